The van der Waals surface area contributed by atoms with Gasteiger partial charge in [0.05, 0.1) is 23.0 Å². The molecule has 0 aliphatic rings. The van der Waals surface area contributed by atoms with Crippen LogP contribution in [0.4, 0.5) is 5.13 Å². The molecule has 1 amide bonds. The highest BCUT2D eigenvalue weighted by atomic mass is 35.5. The minimum Gasteiger partial charge on any atom is -0.467 e. The van der Waals surface area contributed by atoms with Crippen molar-refractivity contribution in [3.8, 4) is 0 Å². The van der Waals surface area contributed by atoms with E-state index in [1.165, 1.54) is 11.3 Å². The molecule has 0 N–H and O–H groups in total. The summed E-state index contributed by atoms with van der Waals surface area (Å²) in [4.78, 5) is 19.6. The van der Waals surface area contributed by atoms with Gasteiger partial charge in [0, 0.05) is 10.6 Å². The molecule has 2 aromatic carbocycles. The van der Waals surface area contributed by atoms with E-state index < -0.39 is 0 Å². The summed E-state index contributed by atoms with van der Waals surface area (Å²) in [6, 6.07) is 15.0. The fourth-order valence-corrected chi connectivity index (χ4v) is 4.02. The van der Waals surface area contributed by atoms with Crippen LogP contribution in [0.15, 0.2) is 59.2 Å². The third-order valence-electron chi connectivity index (χ3n) is 4.41. The van der Waals surface area contributed by atoms with E-state index in [9.17, 15) is 4.79 Å². The highest BCUT2D eigenvalue weighted by Gasteiger charge is 2.23. The van der Waals surface area contributed by atoms with Gasteiger partial charge in [-0.2, -0.15) is 0 Å². The van der Waals surface area contributed by atoms with Crippen LogP contribution in [-0.2, 0) is 6.54 Å². The molecular formula is C21H17ClN2O2S. The van der Waals surface area contributed by atoms with Gasteiger partial charge in [0.1, 0.15) is 5.76 Å². The second-order valence-electron chi connectivity index (χ2n) is 6.35. The van der Waals surface area contributed by atoms with Crippen molar-refractivity contribution in [3.05, 3.63) is 82.3 Å². The van der Waals surface area contributed by atoms with Crippen LogP contribution in [0.25, 0.3) is 10.2 Å². The third kappa shape index (κ3) is 3.48. The van der Waals surface area contributed by atoms with E-state index in [4.69, 9.17) is 21.0 Å². The Kier molecular flexibility index (Phi) is 4.72. The molecule has 0 saturated heterocycles. The summed E-state index contributed by atoms with van der Waals surface area (Å²) in [5.41, 5.74) is 3.46. The van der Waals surface area contributed by atoms with E-state index in [0.29, 0.717) is 28.0 Å². The lowest BCUT2D eigenvalue weighted by Gasteiger charge is -2.19. The zero-order chi connectivity index (χ0) is 19.0. The number of fused-ring (bicyclic) bond motifs is 1. The van der Waals surface area contributed by atoms with Crippen molar-refractivity contribution < 1.29 is 9.21 Å². The summed E-state index contributed by atoms with van der Waals surface area (Å²) in [6.45, 7) is 4.24. The van der Waals surface area contributed by atoms with Crippen molar-refractivity contribution >= 4 is 44.2 Å². The van der Waals surface area contributed by atoms with Gasteiger partial charge < -0.3 is 4.42 Å². The maximum atomic E-state index is 13.2. The highest BCUT2D eigenvalue weighted by Crippen LogP contribution is 2.34. The van der Waals surface area contributed by atoms with E-state index >= 15 is 0 Å². The number of aryl methyl sites for hydroxylation is 2. The molecule has 2 aromatic heterocycles. The maximum absolute atomic E-state index is 13.2. The molecular weight excluding hydrogens is 380 g/mol. The number of carbonyl (C=O) groups is 1. The number of furan rings is 1. The second kappa shape index (κ2) is 7.18. The van der Waals surface area contributed by atoms with Crippen molar-refractivity contribution in [1.29, 1.82) is 0 Å². The van der Waals surface area contributed by atoms with Crippen molar-refractivity contribution in [3.63, 3.8) is 0 Å². The molecule has 27 heavy (non-hydrogen) atoms. The molecule has 4 nitrogen and oxygen atoms in total. The molecule has 2 heterocycles. The number of benzene rings is 2. The largest absolute Gasteiger partial charge is 0.467 e. The summed E-state index contributed by atoms with van der Waals surface area (Å²) >= 11 is 7.70. The zero-order valence-electron chi connectivity index (χ0n) is 14.9. The number of nitrogens with zero attached hydrogens (tertiary/aromatic N) is 2. The van der Waals surface area contributed by atoms with Crippen molar-refractivity contribution in [2.45, 2.75) is 20.4 Å². The van der Waals surface area contributed by atoms with Crippen LogP contribution in [-0.4, -0.2) is 10.9 Å². The molecule has 136 valence electrons. The zero-order valence-corrected chi connectivity index (χ0v) is 16.5. The van der Waals surface area contributed by atoms with Crippen molar-refractivity contribution in [2.75, 3.05) is 4.90 Å². The Morgan fingerprint density at radius 1 is 1.15 bits per heavy atom. The Labute approximate surface area is 166 Å². The normalized spacial score (nSPS) is 11.1. The van der Waals surface area contributed by atoms with Crippen molar-refractivity contribution in [1.82, 2.24) is 4.98 Å². The third-order valence-corrected chi connectivity index (χ3v) is 5.86. The van der Waals surface area contributed by atoms with Gasteiger partial charge in [0.25, 0.3) is 5.91 Å². The SMILES string of the molecule is Cc1ccc(C(=O)N(Cc2ccco2)c2nc3c(C)c(Cl)ccc3s2)cc1. The molecule has 0 saturated carbocycles. The molecule has 6 heteroatoms. The average Bonchev–Trinajstić information content (AvgIpc) is 3.33. The van der Waals surface area contributed by atoms with Gasteiger partial charge in [-0.05, 0) is 55.8 Å². The summed E-state index contributed by atoms with van der Waals surface area (Å²) in [5.74, 6) is 0.582. The van der Waals surface area contributed by atoms with Crippen LogP contribution in [0.2, 0.25) is 5.02 Å². The van der Waals surface area contributed by atoms with Crippen molar-refractivity contribution in [2.24, 2.45) is 0 Å². The fraction of sp³-hybridized carbons (Fsp3) is 0.143. The molecule has 0 fully saturated rings. The monoisotopic (exact) mass is 396 g/mol. The van der Waals surface area contributed by atoms with Crippen LogP contribution >= 0.6 is 22.9 Å². The average molecular weight is 397 g/mol. The topological polar surface area (TPSA) is 46.3 Å². The van der Waals surface area contributed by atoms with Gasteiger partial charge in [-0.1, -0.05) is 40.6 Å². The quantitative estimate of drug-likeness (QED) is 0.424. The number of rotatable bonds is 4. The summed E-state index contributed by atoms with van der Waals surface area (Å²) < 4.78 is 6.46. The Morgan fingerprint density at radius 3 is 2.63 bits per heavy atom. The standard InChI is InChI=1S/C21H17ClN2O2S/c1-13-5-7-15(8-6-13)20(25)24(12-16-4-3-11-26-16)21-23-19-14(2)17(22)9-10-18(19)27-21/h3-11H,12H2,1-2H3. The molecule has 4 rings (SSSR count). The lowest BCUT2D eigenvalue weighted by molar-refractivity contribution is 0.0983. The number of anilines is 1. The number of hydrogen-bond donors (Lipinski definition) is 0. The number of thiazole rings is 1. The Balaban J connectivity index is 1.79. The number of carbonyl (C=O) groups excluding carboxylic acids is 1. The molecule has 4 aromatic rings. The minimum absolute atomic E-state index is 0.116. The van der Waals surface area contributed by atoms with Gasteiger partial charge in [-0.15, -0.1) is 0 Å². The minimum atomic E-state index is -0.116. The van der Waals surface area contributed by atoms with Gasteiger partial charge in [0.15, 0.2) is 5.13 Å². The van der Waals surface area contributed by atoms with Crippen LogP contribution < -0.4 is 4.90 Å². The fourth-order valence-electron chi connectivity index (χ4n) is 2.84. The summed E-state index contributed by atoms with van der Waals surface area (Å²) in [6.07, 6.45) is 1.60. The first-order chi connectivity index (χ1) is 13.0. The summed E-state index contributed by atoms with van der Waals surface area (Å²) in [5, 5.41) is 1.29. The first-order valence-corrected chi connectivity index (χ1v) is 9.69. The van der Waals surface area contributed by atoms with E-state index in [0.717, 1.165) is 21.3 Å². The molecule has 0 aliphatic carbocycles. The lowest BCUT2D eigenvalue weighted by atomic mass is 10.1. The first kappa shape index (κ1) is 17.8. The Bertz CT molecular complexity index is 1100. The van der Waals surface area contributed by atoms with Crippen LogP contribution in [0.3, 0.4) is 0 Å². The van der Waals surface area contributed by atoms with Crippen LogP contribution in [0, 0.1) is 13.8 Å². The van der Waals surface area contributed by atoms with E-state index in [2.05, 4.69) is 0 Å². The number of amides is 1. The molecule has 0 spiro atoms. The van der Waals surface area contributed by atoms with Gasteiger partial charge in [-0.25, -0.2) is 4.98 Å². The maximum Gasteiger partial charge on any atom is 0.260 e. The van der Waals surface area contributed by atoms with Gasteiger partial charge >= 0.3 is 0 Å². The molecule has 0 aliphatic heterocycles. The first-order valence-electron chi connectivity index (χ1n) is 8.49. The number of hydrogen-bond acceptors (Lipinski definition) is 4. The highest BCUT2D eigenvalue weighted by molar-refractivity contribution is 7.22. The summed E-state index contributed by atoms with van der Waals surface area (Å²) in [7, 11) is 0. The Morgan fingerprint density at radius 2 is 1.93 bits per heavy atom. The van der Waals surface area contributed by atoms with E-state index in [1.54, 1.807) is 11.2 Å². The predicted molar refractivity (Wildman–Crippen MR) is 110 cm³/mol. The molecule has 0 unspecified atom stereocenters. The molecule has 0 atom stereocenters. The van der Waals surface area contributed by atoms with Gasteiger partial charge in [0.2, 0.25) is 0 Å². The van der Waals surface area contributed by atoms with E-state index in [-0.39, 0.29) is 5.91 Å². The smallest absolute Gasteiger partial charge is 0.260 e. The number of aromatic nitrogens is 1. The lowest BCUT2D eigenvalue weighted by Crippen LogP contribution is -2.30. The molecule has 0 radical (unpaired) electrons. The van der Waals surface area contributed by atoms with Gasteiger partial charge in [-0.3, -0.25) is 9.69 Å². The van der Waals surface area contributed by atoms with Crippen LogP contribution in [0.5, 0.6) is 0 Å². The number of halogens is 1. The van der Waals surface area contributed by atoms with Crippen LogP contribution in [0.1, 0.15) is 27.2 Å². The second-order valence-corrected chi connectivity index (χ2v) is 7.77. The van der Waals surface area contributed by atoms with E-state index in [1.807, 2.05) is 62.4 Å². The molecule has 0 bridgehead atoms. The Hall–Kier alpha value is -2.63. The predicted octanol–water partition coefficient (Wildman–Crippen LogP) is 6.01.